The zero-order chi connectivity index (χ0) is 14.6. The van der Waals surface area contributed by atoms with Crippen molar-refractivity contribution in [1.29, 1.82) is 0 Å². The molecule has 1 aromatic rings. The van der Waals surface area contributed by atoms with Crippen molar-refractivity contribution in [3.63, 3.8) is 0 Å². The normalized spacial score (nSPS) is 15.8. The van der Waals surface area contributed by atoms with Gasteiger partial charge in [0.15, 0.2) is 0 Å². The summed E-state index contributed by atoms with van der Waals surface area (Å²) in [6, 6.07) is 7.29. The number of aryl methyl sites for hydroxylation is 1. The molecule has 2 rings (SSSR count). The molecule has 1 heterocycles. The van der Waals surface area contributed by atoms with E-state index >= 15 is 0 Å². The summed E-state index contributed by atoms with van der Waals surface area (Å²) in [4.78, 5) is 0. The molecular weight excluding hydrogens is 246 g/mol. The van der Waals surface area contributed by atoms with Crippen LogP contribution in [-0.2, 0) is 12.8 Å². The van der Waals surface area contributed by atoms with Gasteiger partial charge in [0.25, 0.3) is 0 Å². The largest absolute Gasteiger partial charge is 0.493 e. The standard InChI is InChI=1S/C18H29NO/c1-5-18(3,4)17(19-6-2)10-8-14-7-9-16-15(13-14)11-12-20-16/h7,9,13,17,19H,5-6,8,10-12H2,1-4H3. The minimum Gasteiger partial charge on any atom is -0.493 e. The highest BCUT2D eigenvalue weighted by Crippen LogP contribution is 2.30. The van der Waals surface area contributed by atoms with Crippen molar-refractivity contribution >= 4 is 0 Å². The lowest BCUT2D eigenvalue weighted by Gasteiger charge is -2.34. The van der Waals surface area contributed by atoms with E-state index in [1.165, 1.54) is 24.0 Å². The van der Waals surface area contributed by atoms with E-state index in [9.17, 15) is 0 Å². The number of hydrogen-bond donors (Lipinski definition) is 1. The molecule has 1 aliphatic heterocycles. The Morgan fingerprint density at radius 3 is 2.80 bits per heavy atom. The van der Waals surface area contributed by atoms with Gasteiger partial charge in [0.05, 0.1) is 6.61 Å². The first-order chi connectivity index (χ1) is 9.56. The molecule has 2 nitrogen and oxygen atoms in total. The van der Waals surface area contributed by atoms with Crippen molar-refractivity contribution in [2.24, 2.45) is 5.41 Å². The molecule has 0 aromatic heterocycles. The summed E-state index contributed by atoms with van der Waals surface area (Å²) in [6.45, 7) is 11.1. The fraction of sp³-hybridized carbons (Fsp3) is 0.667. The first-order valence-corrected chi connectivity index (χ1v) is 8.04. The second-order valence-corrected chi connectivity index (χ2v) is 6.53. The van der Waals surface area contributed by atoms with Gasteiger partial charge >= 0.3 is 0 Å². The van der Waals surface area contributed by atoms with Gasteiger partial charge in [-0.1, -0.05) is 39.8 Å². The molecule has 1 N–H and O–H groups in total. The maximum absolute atomic E-state index is 5.58. The van der Waals surface area contributed by atoms with Gasteiger partial charge in [0.1, 0.15) is 5.75 Å². The third-order valence-electron chi connectivity index (χ3n) is 4.78. The van der Waals surface area contributed by atoms with E-state index in [1.54, 1.807) is 0 Å². The fourth-order valence-electron chi connectivity index (χ4n) is 2.97. The average Bonchev–Trinajstić information content (AvgIpc) is 2.90. The minimum atomic E-state index is 0.357. The molecule has 1 aromatic carbocycles. The van der Waals surface area contributed by atoms with E-state index < -0.39 is 0 Å². The molecule has 2 heteroatoms. The summed E-state index contributed by atoms with van der Waals surface area (Å²) in [6.07, 6.45) is 4.63. The van der Waals surface area contributed by atoms with E-state index in [0.29, 0.717) is 11.5 Å². The molecule has 0 bridgehead atoms. The number of benzene rings is 1. The van der Waals surface area contributed by atoms with Gasteiger partial charge in [-0.15, -0.1) is 0 Å². The summed E-state index contributed by atoms with van der Waals surface area (Å²) in [7, 11) is 0. The monoisotopic (exact) mass is 275 g/mol. The Bertz CT molecular complexity index is 439. The van der Waals surface area contributed by atoms with Crippen molar-refractivity contribution in [2.75, 3.05) is 13.2 Å². The third-order valence-corrected chi connectivity index (χ3v) is 4.78. The molecule has 112 valence electrons. The third kappa shape index (κ3) is 3.54. The van der Waals surface area contributed by atoms with Crippen LogP contribution in [0.2, 0.25) is 0 Å². The van der Waals surface area contributed by atoms with Gasteiger partial charge in [-0.25, -0.2) is 0 Å². The Morgan fingerprint density at radius 1 is 1.30 bits per heavy atom. The van der Waals surface area contributed by atoms with Crippen molar-refractivity contribution < 1.29 is 4.74 Å². The van der Waals surface area contributed by atoms with Crippen molar-refractivity contribution in [3.8, 4) is 5.75 Å². The topological polar surface area (TPSA) is 21.3 Å². The van der Waals surface area contributed by atoms with E-state index in [0.717, 1.165) is 31.7 Å². The van der Waals surface area contributed by atoms with E-state index in [4.69, 9.17) is 4.74 Å². The minimum absolute atomic E-state index is 0.357. The van der Waals surface area contributed by atoms with Crippen LogP contribution < -0.4 is 10.1 Å². The van der Waals surface area contributed by atoms with Crippen molar-refractivity contribution in [1.82, 2.24) is 5.32 Å². The van der Waals surface area contributed by atoms with Gasteiger partial charge in [0, 0.05) is 12.5 Å². The van der Waals surface area contributed by atoms with Crippen LogP contribution in [0.1, 0.15) is 51.7 Å². The Hall–Kier alpha value is -1.02. The highest BCUT2D eigenvalue weighted by atomic mass is 16.5. The highest BCUT2D eigenvalue weighted by molar-refractivity contribution is 5.39. The number of rotatable bonds is 7. The number of fused-ring (bicyclic) bond motifs is 1. The van der Waals surface area contributed by atoms with E-state index in [-0.39, 0.29) is 0 Å². The fourth-order valence-corrected chi connectivity index (χ4v) is 2.97. The van der Waals surface area contributed by atoms with Gasteiger partial charge in [0.2, 0.25) is 0 Å². The van der Waals surface area contributed by atoms with Gasteiger partial charge < -0.3 is 10.1 Å². The van der Waals surface area contributed by atoms with Crippen molar-refractivity contribution in [3.05, 3.63) is 29.3 Å². The smallest absolute Gasteiger partial charge is 0.122 e. The summed E-state index contributed by atoms with van der Waals surface area (Å²) < 4.78 is 5.58. The maximum Gasteiger partial charge on any atom is 0.122 e. The molecule has 20 heavy (non-hydrogen) atoms. The second-order valence-electron chi connectivity index (χ2n) is 6.53. The van der Waals surface area contributed by atoms with E-state index in [1.807, 2.05) is 0 Å². The molecule has 1 atom stereocenters. The Balaban J connectivity index is 1.98. The molecule has 0 saturated heterocycles. The van der Waals surface area contributed by atoms with Crippen LogP contribution in [0.4, 0.5) is 0 Å². The quantitative estimate of drug-likeness (QED) is 0.813. The van der Waals surface area contributed by atoms with Gasteiger partial charge in [-0.3, -0.25) is 0 Å². The number of nitrogens with one attached hydrogen (secondary N) is 1. The van der Waals surface area contributed by atoms with E-state index in [2.05, 4.69) is 51.2 Å². The molecule has 1 unspecified atom stereocenters. The summed E-state index contributed by atoms with van der Waals surface area (Å²) in [5.41, 5.74) is 3.19. The molecule has 0 radical (unpaired) electrons. The molecule has 0 saturated carbocycles. The predicted molar refractivity (Wildman–Crippen MR) is 85.5 cm³/mol. The Kier molecular flexibility index (Phi) is 5.09. The number of hydrogen-bond acceptors (Lipinski definition) is 2. The Morgan fingerprint density at radius 2 is 2.10 bits per heavy atom. The van der Waals surface area contributed by atoms with Crippen LogP contribution >= 0.6 is 0 Å². The second kappa shape index (κ2) is 6.62. The van der Waals surface area contributed by atoms with Gasteiger partial charge in [-0.05, 0) is 48.4 Å². The predicted octanol–water partition coefficient (Wildman–Crippen LogP) is 3.97. The van der Waals surface area contributed by atoms with Crippen LogP contribution in [0.3, 0.4) is 0 Å². The summed E-state index contributed by atoms with van der Waals surface area (Å²) in [5.74, 6) is 1.09. The SMILES string of the molecule is CCNC(CCc1ccc2c(c1)CCO2)C(C)(C)CC. The van der Waals surface area contributed by atoms with Gasteiger partial charge in [-0.2, -0.15) is 0 Å². The molecule has 0 aliphatic carbocycles. The Labute approximate surface area is 123 Å². The van der Waals surface area contributed by atoms with Crippen LogP contribution in [0, 0.1) is 5.41 Å². The summed E-state index contributed by atoms with van der Waals surface area (Å²) in [5, 5.41) is 3.67. The number of ether oxygens (including phenoxy) is 1. The lowest BCUT2D eigenvalue weighted by Crippen LogP contribution is -2.41. The zero-order valence-corrected chi connectivity index (χ0v) is 13.5. The molecule has 1 aliphatic rings. The lowest BCUT2D eigenvalue weighted by molar-refractivity contribution is 0.223. The zero-order valence-electron chi connectivity index (χ0n) is 13.5. The summed E-state index contributed by atoms with van der Waals surface area (Å²) >= 11 is 0. The van der Waals surface area contributed by atoms with Crippen LogP contribution in [0.15, 0.2) is 18.2 Å². The first kappa shape index (κ1) is 15.4. The lowest BCUT2D eigenvalue weighted by atomic mass is 9.79. The van der Waals surface area contributed by atoms with Crippen LogP contribution in [-0.4, -0.2) is 19.2 Å². The van der Waals surface area contributed by atoms with Crippen LogP contribution in [0.25, 0.3) is 0 Å². The maximum atomic E-state index is 5.58. The van der Waals surface area contributed by atoms with Crippen LogP contribution in [0.5, 0.6) is 5.75 Å². The highest BCUT2D eigenvalue weighted by Gasteiger charge is 2.26. The van der Waals surface area contributed by atoms with Crippen molar-refractivity contribution in [2.45, 2.75) is 59.4 Å². The molecule has 0 fully saturated rings. The molecule has 0 spiro atoms. The average molecular weight is 275 g/mol. The molecular formula is C18H29NO. The molecule has 0 amide bonds. The first-order valence-electron chi connectivity index (χ1n) is 8.04.